The van der Waals surface area contributed by atoms with Crippen LogP contribution in [-0.4, -0.2) is 36.7 Å². The lowest BCUT2D eigenvalue weighted by atomic mass is 9.81. The van der Waals surface area contributed by atoms with E-state index >= 15 is 0 Å². The Bertz CT molecular complexity index is 727. The van der Waals surface area contributed by atoms with Gasteiger partial charge in [0.05, 0.1) is 25.3 Å². The molecule has 0 unspecified atom stereocenters. The van der Waals surface area contributed by atoms with Gasteiger partial charge in [0.15, 0.2) is 23.1 Å². The van der Waals surface area contributed by atoms with Crippen molar-refractivity contribution in [3.8, 4) is 17.2 Å². The quantitative estimate of drug-likeness (QED) is 0.916. The lowest BCUT2D eigenvalue weighted by Crippen LogP contribution is -2.23. The number of phenols is 1. The zero-order valence-corrected chi connectivity index (χ0v) is 12.8. The van der Waals surface area contributed by atoms with E-state index in [4.69, 9.17) is 9.47 Å². The molecule has 0 saturated carbocycles. The summed E-state index contributed by atoms with van der Waals surface area (Å²) in [6.45, 7) is 2.82. The molecular weight excluding hydrogens is 288 g/mol. The third-order valence-corrected chi connectivity index (χ3v) is 3.62. The van der Waals surface area contributed by atoms with Crippen LogP contribution < -0.4 is 9.47 Å². The lowest BCUT2D eigenvalue weighted by Gasteiger charge is -2.22. The molecule has 22 heavy (non-hydrogen) atoms. The largest absolute Gasteiger partial charge is 0.504 e. The number of phenolic OH excluding ortho intramolecular Hbond substituents is 1. The molecule has 1 aromatic rings. The van der Waals surface area contributed by atoms with Crippen LogP contribution in [0.3, 0.4) is 0 Å². The number of aromatic hydroxyl groups is 1. The number of rotatable bonds is 4. The normalized spacial score (nSPS) is 14.0. The average Bonchev–Trinajstić information content (AvgIpc) is 2.48. The Morgan fingerprint density at radius 3 is 2.18 bits per heavy atom. The van der Waals surface area contributed by atoms with Crippen molar-refractivity contribution in [1.82, 2.24) is 0 Å². The van der Waals surface area contributed by atoms with E-state index in [-0.39, 0.29) is 46.0 Å². The number of ketones is 3. The number of carbonyl (C=O) groups is 3. The highest BCUT2D eigenvalue weighted by atomic mass is 16.5. The molecule has 0 fully saturated rings. The second-order valence-corrected chi connectivity index (χ2v) is 5.02. The number of hydrogen-bond acceptors (Lipinski definition) is 6. The molecule has 1 aliphatic rings. The van der Waals surface area contributed by atoms with Crippen LogP contribution in [-0.2, 0) is 4.79 Å². The van der Waals surface area contributed by atoms with Crippen LogP contribution in [0.25, 0.3) is 0 Å². The number of Topliss-reactive ketones (excluding diaryl/α,β-unsaturated/α-hetero) is 3. The molecule has 0 atom stereocenters. The second kappa shape index (κ2) is 5.63. The van der Waals surface area contributed by atoms with Crippen molar-refractivity contribution in [2.24, 2.45) is 0 Å². The van der Waals surface area contributed by atoms with Crippen molar-refractivity contribution in [3.05, 3.63) is 28.3 Å². The van der Waals surface area contributed by atoms with E-state index in [2.05, 4.69) is 0 Å². The van der Waals surface area contributed by atoms with Gasteiger partial charge in [-0.25, -0.2) is 0 Å². The summed E-state index contributed by atoms with van der Waals surface area (Å²) < 4.78 is 10.1. The van der Waals surface area contributed by atoms with Crippen LogP contribution in [0.5, 0.6) is 17.2 Å². The van der Waals surface area contributed by atoms with Gasteiger partial charge in [-0.1, -0.05) is 0 Å². The zero-order chi connectivity index (χ0) is 16.6. The van der Waals surface area contributed by atoms with Crippen molar-refractivity contribution in [2.75, 3.05) is 14.2 Å². The van der Waals surface area contributed by atoms with Gasteiger partial charge in [0.25, 0.3) is 0 Å². The van der Waals surface area contributed by atoms with Crippen LogP contribution >= 0.6 is 0 Å². The van der Waals surface area contributed by atoms with Crippen LogP contribution in [0.2, 0.25) is 0 Å². The topological polar surface area (TPSA) is 89.9 Å². The minimum Gasteiger partial charge on any atom is -0.504 e. The number of benzene rings is 1. The van der Waals surface area contributed by atoms with E-state index in [0.29, 0.717) is 0 Å². The number of ether oxygens (including phenoxy) is 2. The first-order valence-electron chi connectivity index (χ1n) is 6.60. The van der Waals surface area contributed by atoms with Crippen molar-refractivity contribution >= 4 is 17.3 Å². The molecule has 0 saturated heterocycles. The van der Waals surface area contributed by atoms with Gasteiger partial charge in [0.2, 0.25) is 0 Å². The predicted octanol–water partition coefficient (Wildman–Crippen LogP) is 2.08. The number of fused-ring (bicyclic) bond motifs is 1. The van der Waals surface area contributed by atoms with Crippen LogP contribution in [0, 0.1) is 0 Å². The van der Waals surface area contributed by atoms with Gasteiger partial charge in [-0.15, -0.1) is 0 Å². The molecule has 116 valence electrons. The molecule has 0 spiro atoms. The molecule has 1 aromatic carbocycles. The maximum absolute atomic E-state index is 12.6. The Morgan fingerprint density at radius 2 is 1.68 bits per heavy atom. The molecule has 6 heteroatoms. The zero-order valence-electron chi connectivity index (χ0n) is 12.8. The fourth-order valence-corrected chi connectivity index (χ4v) is 2.50. The summed E-state index contributed by atoms with van der Waals surface area (Å²) in [4.78, 5) is 36.5. The molecule has 2 rings (SSSR count). The summed E-state index contributed by atoms with van der Waals surface area (Å²) in [5.41, 5.74) is 0.102. The number of allylic oxidation sites excluding steroid dienone is 2. The van der Waals surface area contributed by atoms with Crippen molar-refractivity contribution in [2.45, 2.75) is 20.3 Å². The molecule has 0 aliphatic heterocycles. The lowest BCUT2D eigenvalue weighted by molar-refractivity contribution is -0.116. The Labute approximate surface area is 127 Å². The van der Waals surface area contributed by atoms with Crippen LogP contribution in [0.15, 0.2) is 17.2 Å². The summed E-state index contributed by atoms with van der Waals surface area (Å²) in [6, 6.07) is 1.35. The predicted molar refractivity (Wildman–Crippen MR) is 77.9 cm³/mol. The maximum atomic E-state index is 12.6. The van der Waals surface area contributed by atoms with Crippen LogP contribution in [0.1, 0.15) is 41.0 Å². The molecule has 1 aliphatic carbocycles. The minimum atomic E-state index is -0.558. The van der Waals surface area contributed by atoms with Crippen LogP contribution in [0.4, 0.5) is 0 Å². The van der Waals surface area contributed by atoms with Crippen molar-refractivity contribution in [3.63, 3.8) is 0 Å². The SMILES string of the molecule is COc1cc(OC)c2c(c1O)C(=O)C(CC(C)=O)=C(C)C2=O. The minimum absolute atomic E-state index is 0.00407. The van der Waals surface area contributed by atoms with E-state index in [1.54, 1.807) is 0 Å². The van der Waals surface area contributed by atoms with Gasteiger partial charge in [-0.2, -0.15) is 0 Å². The third-order valence-electron chi connectivity index (χ3n) is 3.62. The third kappa shape index (κ3) is 2.26. The monoisotopic (exact) mass is 304 g/mol. The molecule has 0 amide bonds. The van der Waals surface area contributed by atoms with E-state index in [9.17, 15) is 19.5 Å². The highest BCUT2D eigenvalue weighted by molar-refractivity contribution is 6.29. The molecular formula is C16H16O6. The van der Waals surface area contributed by atoms with Crippen molar-refractivity contribution < 1.29 is 29.0 Å². The summed E-state index contributed by atoms with van der Waals surface area (Å²) >= 11 is 0. The van der Waals surface area contributed by atoms with E-state index in [0.717, 1.165) is 0 Å². The summed E-state index contributed by atoms with van der Waals surface area (Å²) in [6.07, 6.45) is -0.158. The van der Waals surface area contributed by atoms with Gasteiger partial charge in [0.1, 0.15) is 11.5 Å². The van der Waals surface area contributed by atoms with Gasteiger partial charge in [-0.05, 0) is 13.8 Å². The first-order valence-corrected chi connectivity index (χ1v) is 6.60. The summed E-state index contributed by atoms with van der Waals surface area (Å²) in [7, 11) is 2.68. The first kappa shape index (κ1) is 15.8. The molecule has 0 bridgehead atoms. The number of methoxy groups -OCH3 is 2. The Hall–Kier alpha value is -2.63. The molecule has 1 N–H and O–H groups in total. The van der Waals surface area contributed by atoms with E-state index < -0.39 is 17.3 Å². The Morgan fingerprint density at radius 1 is 1.09 bits per heavy atom. The number of carbonyl (C=O) groups excluding carboxylic acids is 3. The standard InChI is InChI=1S/C16H16O6/c1-7(17)5-9-8(2)14(18)12-10(21-3)6-11(22-4)16(20)13(12)15(9)19/h6,20H,5H2,1-4H3. The fourth-order valence-electron chi connectivity index (χ4n) is 2.50. The van der Waals surface area contributed by atoms with Crippen molar-refractivity contribution in [1.29, 1.82) is 0 Å². The van der Waals surface area contributed by atoms with Gasteiger partial charge in [-0.3, -0.25) is 14.4 Å². The smallest absolute Gasteiger partial charge is 0.194 e. The van der Waals surface area contributed by atoms with E-state index in [1.807, 2.05) is 0 Å². The first-order chi connectivity index (χ1) is 10.3. The summed E-state index contributed by atoms with van der Waals surface area (Å²) in [5.74, 6) is -1.50. The fraction of sp³-hybridized carbons (Fsp3) is 0.312. The average molecular weight is 304 g/mol. The Balaban J connectivity index is 2.78. The highest BCUT2D eigenvalue weighted by Gasteiger charge is 2.36. The van der Waals surface area contributed by atoms with Gasteiger partial charge >= 0.3 is 0 Å². The van der Waals surface area contributed by atoms with E-state index in [1.165, 1.54) is 34.1 Å². The molecule has 0 heterocycles. The van der Waals surface area contributed by atoms with Gasteiger partial charge in [0, 0.05) is 23.6 Å². The Kier molecular flexibility index (Phi) is 4.03. The highest BCUT2D eigenvalue weighted by Crippen LogP contribution is 2.43. The molecule has 0 radical (unpaired) electrons. The molecule has 6 nitrogen and oxygen atoms in total. The maximum Gasteiger partial charge on any atom is 0.194 e. The summed E-state index contributed by atoms with van der Waals surface area (Å²) in [5, 5.41) is 10.2. The van der Waals surface area contributed by atoms with Gasteiger partial charge < -0.3 is 14.6 Å². The second-order valence-electron chi connectivity index (χ2n) is 5.02. The molecule has 0 aromatic heterocycles. The number of hydrogen-bond donors (Lipinski definition) is 1.